The van der Waals surface area contributed by atoms with Crippen LogP contribution in [0.5, 0.6) is 0 Å². The molecule has 0 unspecified atom stereocenters. The first-order chi connectivity index (χ1) is 14.4. The number of rotatable bonds is 5. The van der Waals surface area contributed by atoms with Crippen molar-refractivity contribution >= 4 is 38.4 Å². The van der Waals surface area contributed by atoms with Gasteiger partial charge in [0.05, 0.1) is 40.0 Å². The molecule has 0 aliphatic heterocycles. The Morgan fingerprint density at radius 3 is 2.67 bits per heavy atom. The number of hydrogen-bond donors (Lipinski definition) is 1. The minimum Gasteiger partial charge on any atom is -0.323 e. The molecule has 152 valence electrons. The molecule has 2 heterocycles. The van der Waals surface area contributed by atoms with Crippen molar-refractivity contribution in [3.8, 4) is 5.69 Å². The number of halogens is 1. The molecule has 0 atom stereocenters. The van der Waals surface area contributed by atoms with Gasteiger partial charge in [-0.1, -0.05) is 34.1 Å². The lowest BCUT2D eigenvalue weighted by molar-refractivity contribution is -0.116. The van der Waals surface area contributed by atoms with Crippen LogP contribution in [0.15, 0.2) is 64.1 Å². The lowest BCUT2D eigenvalue weighted by Gasteiger charge is -2.09. The molecule has 1 amide bonds. The number of aryl methyl sites for hydroxylation is 2. The summed E-state index contributed by atoms with van der Waals surface area (Å²) in [7, 11) is 0. The minimum atomic E-state index is -0.185. The third-order valence-corrected chi connectivity index (χ3v) is 5.42. The summed E-state index contributed by atoms with van der Waals surface area (Å²) in [4.78, 5) is 29.6. The number of carbonyl (C=O) groups excluding carboxylic acids is 1. The first-order valence-corrected chi connectivity index (χ1v) is 10.3. The fourth-order valence-electron chi connectivity index (χ4n) is 3.36. The highest BCUT2D eigenvalue weighted by atomic mass is 79.9. The Morgan fingerprint density at radius 2 is 1.90 bits per heavy atom. The predicted molar refractivity (Wildman–Crippen MR) is 120 cm³/mol. The van der Waals surface area contributed by atoms with Crippen LogP contribution in [-0.4, -0.2) is 25.2 Å². The van der Waals surface area contributed by atoms with E-state index in [2.05, 4.69) is 31.3 Å². The number of hydrogen-bond acceptors (Lipinski definition) is 4. The Morgan fingerprint density at radius 1 is 1.13 bits per heavy atom. The number of para-hydroxylation sites is 1. The summed E-state index contributed by atoms with van der Waals surface area (Å²) in [6, 6.07) is 15.1. The van der Waals surface area contributed by atoms with E-state index in [0.29, 0.717) is 16.6 Å². The first-order valence-electron chi connectivity index (χ1n) is 9.50. The molecule has 0 aliphatic rings. The predicted octanol–water partition coefficient (Wildman–Crippen LogP) is 3.99. The fourth-order valence-corrected chi connectivity index (χ4v) is 3.72. The van der Waals surface area contributed by atoms with Crippen LogP contribution in [0.4, 0.5) is 5.69 Å². The second-order valence-electron chi connectivity index (χ2n) is 7.00. The largest absolute Gasteiger partial charge is 0.323 e. The van der Waals surface area contributed by atoms with E-state index < -0.39 is 0 Å². The van der Waals surface area contributed by atoms with Crippen LogP contribution in [-0.2, 0) is 11.3 Å². The van der Waals surface area contributed by atoms with Crippen molar-refractivity contribution in [2.24, 2.45) is 0 Å². The number of aromatic nitrogens is 4. The molecule has 4 rings (SSSR count). The summed E-state index contributed by atoms with van der Waals surface area (Å²) in [5.41, 5.74) is 3.66. The van der Waals surface area contributed by atoms with Crippen LogP contribution >= 0.6 is 15.9 Å². The first kappa shape index (κ1) is 20.0. The van der Waals surface area contributed by atoms with Gasteiger partial charge in [-0.2, -0.15) is 5.10 Å². The fraction of sp³-hybridized carbons (Fsp3) is 0.182. The number of fused-ring (bicyclic) bond motifs is 1. The van der Waals surface area contributed by atoms with Crippen LogP contribution in [0.2, 0.25) is 0 Å². The van der Waals surface area contributed by atoms with Crippen LogP contribution in [0.25, 0.3) is 16.6 Å². The second-order valence-corrected chi connectivity index (χ2v) is 7.91. The monoisotopic (exact) mass is 465 g/mol. The zero-order valence-electron chi connectivity index (χ0n) is 16.6. The number of nitrogens with one attached hydrogen (secondary N) is 1. The van der Waals surface area contributed by atoms with Gasteiger partial charge >= 0.3 is 0 Å². The van der Waals surface area contributed by atoms with E-state index in [1.54, 1.807) is 16.8 Å². The summed E-state index contributed by atoms with van der Waals surface area (Å²) in [5.74, 6) is -0.185. The molecule has 4 aromatic rings. The van der Waals surface area contributed by atoms with Gasteiger partial charge in [0, 0.05) is 17.4 Å². The third kappa shape index (κ3) is 3.91. The van der Waals surface area contributed by atoms with E-state index in [-0.39, 0.29) is 24.4 Å². The smallest absolute Gasteiger partial charge is 0.261 e. The molecule has 2 aromatic carbocycles. The van der Waals surface area contributed by atoms with Crippen molar-refractivity contribution in [2.45, 2.75) is 26.8 Å². The van der Waals surface area contributed by atoms with Crippen molar-refractivity contribution in [2.75, 3.05) is 5.32 Å². The van der Waals surface area contributed by atoms with Crippen molar-refractivity contribution in [1.82, 2.24) is 19.3 Å². The molecule has 8 heteroatoms. The molecule has 1 N–H and O–H groups in total. The van der Waals surface area contributed by atoms with Crippen LogP contribution < -0.4 is 10.9 Å². The van der Waals surface area contributed by atoms with Gasteiger partial charge in [-0.25, -0.2) is 9.67 Å². The van der Waals surface area contributed by atoms with E-state index in [4.69, 9.17) is 0 Å². The normalized spacial score (nSPS) is 11.0. The van der Waals surface area contributed by atoms with Gasteiger partial charge in [-0.05, 0) is 44.2 Å². The number of anilines is 1. The number of benzene rings is 2. The molecule has 7 nitrogen and oxygen atoms in total. The summed E-state index contributed by atoms with van der Waals surface area (Å²) in [6.45, 7) is 4.01. The summed E-state index contributed by atoms with van der Waals surface area (Å²) >= 11 is 3.37. The van der Waals surface area contributed by atoms with Gasteiger partial charge in [0.25, 0.3) is 5.56 Å². The summed E-state index contributed by atoms with van der Waals surface area (Å²) in [5, 5.41) is 8.00. The standard InChI is InChI=1S/C22H20BrN5O2/c1-14-21(15(2)28(26-14)17-6-4-3-5-7-17)25-20(29)10-11-27-13-24-19-9-8-16(23)12-18(19)22(27)30/h3-9,12-13H,10-11H2,1-2H3,(H,25,29). The average molecular weight is 466 g/mol. The van der Waals surface area contributed by atoms with Gasteiger partial charge in [0.2, 0.25) is 5.91 Å². The van der Waals surface area contributed by atoms with Crippen molar-refractivity contribution in [3.63, 3.8) is 0 Å². The number of carbonyl (C=O) groups is 1. The molecule has 0 spiro atoms. The molecular formula is C22H20BrN5O2. The Balaban J connectivity index is 1.50. The Kier molecular flexibility index (Phi) is 5.50. The molecule has 0 bridgehead atoms. The van der Waals surface area contributed by atoms with Crippen LogP contribution in [0, 0.1) is 13.8 Å². The quantitative estimate of drug-likeness (QED) is 0.482. The minimum absolute atomic E-state index is 0.149. The molecular weight excluding hydrogens is 446 g/mol. The molecule has 30 heavy (non-hydrogen) atoms. The van der Waals surface area contributed by atoms with Gasteiger partial charge in [0.1, 0.15) is 0 Å². The van der Waals surface area contributed by atoms with E-state index in [1.807, 2.05) is 50.2 Å². The van der Waals surface area contributed by atoms with Crippen molar-refractivity contribution < 1.29 is 4.79 Å². The van der Waals surface area contributed by atoms with Gasteiger partial charge in [-0.15, -0.1) is 0 Å². The Bertz CT molecular complexity index is 1290. The zero-order valence-corrected chi connectivity index (χ0v) is 18.2. The van der Waals surface area contributed by atoms with E-state index >= 15 is 0 Å². The molecule has 0 saturated carbocycles. The molecule has 0 saturated heterocycles. The molecule has 0 fully saturated rings. The lowest BCUT2D eigenvalue weighted by Crippen LogP contribution is -2.24. The highest BCUT2D eigenvalue weighted by molar-refractivity contribution is 9.10. The number of nitrogens with zero attached hydrogens (tertiary/aromatic N) is 4. The van der Waals surface area contributed by atoms with Crippen molar-refractivity contribution in [3.05, 3.63) is 81.1 Å². The van der Waals surface area contributed by atoms with Crippen LogP contribution in [0.3, 0.4) is 0 Å². The van der Waals surface area contributed by atoms with Crippen molar-refractivity contribution in [1.29, 1.82) is 0 Å². The second kappa shape index (κ2) is 8.23. The topological polar surface area (TPSA) is 81.8 Å². The van der Waals surface area contributed by atoms with E-state index in [9.17, 15) is 9.59 Å². The van der Waals surface area contributed by atoms with Gasteiger partial charge in [0.15, 0.2) is 0 Å². The van der Waals surface area contributed by atoms with E-state index in [0.717, 1.165) is 21.5 Å². The summed E-state index contributed by atoms with van der Waals surface area (Å²) in [6.07, 6.45) is 1.63. The maximum absolute atomic E-state index is 12.7. The highest BCUT2D eigenvalue weighted by Gasteiger charge is 2.15. The third-order valence-electron chi connectivity index (χ3n) is 4.92. The Hall–Kier alpha value is -3.26. The maximum Gasteiger partial charge on any atom is 0.261 e. The molecule has 2 aromatic heterocycles. The van der Waals surface area contributed by atoms with E-state index in [1.165, 1.54) is 10.9 Å². The van der Waals surface area contributed by atoms with Crippen LogP contribution in [0.1, 0.15) is 17.8 Å². The number of amides is 1. The SMILES string of the molecule is Cc1nn(-c2ccccc2)c(C)c1NC(=O)CCn1cnc2ccc(Br)cc2c1=O. The maximum atomic E-state index is 12.7. The molecule has 0 aliphatic carbocycles. The summed E-state index contributed by atoms with van der Waals surface area (Å²) < 4.78 is 4.08. The molecule has 0 radical (unpaired) electrons. The van der Waals surface area contributed by atoms with Gasteiger partial charge < -0.3 is 5.32 Å². The van der Waals surface area contributed by atoms with Gasteiger partial charge in [-0.3, -0.25) is 14.2 Å². The zero-order chi connectivity index (χ0) is 21.3. The average Bonchev–Trinajstić information content (AvgIpc) is 3.02. The Labute approximate surface area is 181 Å². The highest BCUT2D eigenvalue weighted by Crippen LogP contribution is 2.23. The lowest BCUT2D eigenvalue weighted by atomic mass is 10.2.